The first kappa shape index (κ1) is 112. The van der Waals surface area contributed by atoms with Crippen molar-refractivity contribution in [2.45, 2.75) is 278 Å². The lowest BCUT2D eigenvalue weighted by atomic mass is 9.87. The van der Waals surface area contributed by atoms with Gasteiger partial charge in [0.1, 0.15) is 49.7 Å². The summed E-state index contributed by atoms with van der Waals surface area (Å²) in [4.78, 5) is 195. The number of aliphatic hydroxyl groups is 1. The van der Waals surface area contributed by atoms with Gasteiger partial charge in [0.05, 0.1) is 110 Å². The van der Waals surface area contributed by atoms with Gasteiger partial charge >= 0.3 is 47.8 Å². The smallest absolute Gasteiger partial charge is 0.303 e. The summed E-state index contributed by atoms with van der Waals surface area (Å²) in [6.45, 7) is 17.2. The maximum atomic E-state index is 15.0. The molecule has 18 unspecified atom stereocenters. The van der Waals surface area contributed by atoms with E-state index < -0.39 is 222 Å². The third-order valence-corrected chi connectivity index (χ3v) is 22.0. The Hall–Kier alpha value is -9.41. The third kappa shape index (κ3) is 41.7. The van der Waals surface area contributed by atoms with Crippen molar-refractivity contribution in [1.29, 1.82) is 5.26 Å². The van der Waals surface area contributed by atoms with Crippen LogP contribution in [0.5, 0.6) is 0 Å². The number of nitrogens with zero attached hydrogens (tertiary/aromatic N) is 3. The molecule has 0 aromatic heterocycles. The number of rotatable bonds is 56. The van der Waals surface area contributed by atoms with Crippen LogP contribution >= 0.6 is 8.53 Å². The van der Waals surface area contributed by atoms with Crippen LogP contribution in [0.1, 0.15) is 154 Å². The standard InChI is InChI=1S/C84H131N10O36P/c1-47(2)94(48(3)4)131(120-30-17-26-85)130-64-24-22-63(23-25-64)80(109)89-41-62-20-18-61(19-21-62)40-65(81(110)88-29-33-113-36-39-116-84-73(92-51(7)97)79(126-60(16)106)76(123-57(13)103)68(129-84)46-119-54(10)100)93(42-69(107)86-27-31-111-34-37-114-82-71(90-49(5)95)77(124-58(14)104)74(121-55(11)101)66(127-82)44-117-52(8)98)43-70(108)87-28-32-112-35-38-115-83-72(91-50(6)96)78(125-59(15)105)75(122-56(12)102)67(128-83)45-118-53(9)99/h18-21,47-48,52,63-68,71-79,82-84,98H,17,22-25,27-46H2,1-16H3,(H,86,107)(H,87,108)(H,88,110)(H,89,109)(H,90,95)(H,91,96)(H,92,97). The molecule has 8 N–H and O–H groups in total. The summed E-state index contributed by atoms with van der Waals surface area (Å²) < 4.78 is 118. The van der Waals surface area contributed by atoms with Crippen LogP contribution in [0, 0.1) is 17.2 Å². The molecule has 46 nitrogen and oxygen atoms in total. The Bertz CT molecular complexity index is 3870. The first-order valence-electron chi connectivity index (χ1n) is 43.3. The van der Waals surface area contributed by atoms with Gasteiger partial charge in [0.15, 0.2) is 61.8 Å². The van der Waals surface area contributed by atoms with E-state index >= 15 is 4.79 Å². The Kier molecular flexibility index (Phi) is 50.7. The predicted octanol–water partition coefficient (Wildman–Crippen LogP) is -0.424. The summed E-state index contributed by atoms with van der Waals surface area (Å²) in [5.74, 6) is -10.7. The van der Waals surface area contributed by atoms with Gasteiger partial charge in [-0.05, 0) is 77.8 Å². The van der Waals surface area contributed by atoms with E-state index in [-0.39, 0.29) is 142 Å². The van der Waals surface area contributed by atoms with Crippen molar-refractivity contribution in [3.63, 3.8) is 0 Å². The molecule has 5 rings (SSSR count). The van der Waals surface area contributed by atoms with Crippen molar-refractivity contribution in [2.75, 3.05) is 119 Å². The first-order valence-corrected chi connectivity index (χ1v) is 44.4. The highest BCUT2D eigenvalue weighted by atomic mass is 31.2. The number of nitriles is 1. The monoisotopic (exact) mass is 1890 g/mol. The van der Waals surface area contributed by atoms with Gasteiger partial charge in [-0.15, -0.1) is 0 Å². The first-order chi connectivity index (χ1) is 62.1. The highest BCUT2D eigenvalue weighted by Gasteiger charge is 2.55. The summed E-state index contributed by atoms with van der Waals surface area (Å²) in [6.07, 6.45) is -15.4. The minimum Gasteiger partial charge on any atom is -0.463 e. The Balaban J connectivity index is 1.40. The molecule has 3 saturated heterocycles. The number of ether oxygens (including phenoxy) is 18. The molecule has 18 atom stereocenters. The van der Waals surface area contributed by atoms with Gasteiger partial charge in [0.25, 0.3) is 8.53 Å². The number of amides is 7. The number of aliphatic hydroxyl groups excluding tert-OH is 1. The van der Waals surface area contributed by atoms with E-state index in [2.05, 4.69) is 75.7 Å². The highest BCUT2D eigenvalue weighted by molar-refractivity contribution is 7.44. The fraction of sp³-hybridized carbons (Fsp3) is 0.738. The highest BCUT2D eigenvalue weighted by Crippen LogP contribution is 2.49. The summed E-state index contributed by atoms with van der Waals surface area (Å²) in [5, 5.41) is 38.4. The lowest BCUT2D eigenvalue weighted by Crippen LogP contribution is -2.66. The van der Waals surface area contributed by atoms with Gasteiger partial charge in [0.2, 0.25) is 41.4 Å². The molecule has 1 saturated carbocycles. The molecule has 1 aromatic rings. The summed E-state index contributed by atoms with van der Waals surface area (Å²) in [5.41, 5.74) is 1.22. The second kappa shape index (κ2) is 59.3. The maximum Gasteiger partial charge on any atom is 0.303 e. The van der Waals surface area contributed by atoms with Crippen LogP contribution in [0.2, 0.25) is 0 Å². The van der Waals surface area contributed by atoms with E-state index in [0.29, 0.717) is 36.8 Å². The average Bonchev–Trinajstić information content (AvgIpc) is 0.787. The second-order valence-electron chi connectivity index (χ2n) is 31.5. The van der Waals surface area contributed by atoms with Crippen LogP contribution < -0.4 is 37.2 Å². The maximum absolute atomic E-state index is 15.0. The van der Waals surface area contributed by atoms with Crippen molar-refractivity contribution in [3.8, 4) is 6.07 Å². The van der Waals surface area contributed by atoms with Crippen molar-refractivity contribution in [1.82, 2.24) is 46.8 Å². The number of esters is 8. The molecule has 4 fully saturated rings. The van der Waals surface area contributed by atoms with Crippen LogP contribution in [-0.4, -0.2) is 345 Å². The fourth-order valence-corrected chi connectivity index (χ4v) is 16.3. The Morgan fingerprint density at radius 2 is 0.824 bits per heavy atom. The van der Waals surface area contributed by atoms with Crippen molar-refractivity contribution >= 4 is 97.6 Å². The molecular formula is C84H131N10O36P. The van der Waals surface area contributed by atoms with Gasteiger partial charge in [0, 0.05) is 120 Å². The molecule has 3 aliphatic heterocycles. The molecule has 1 aliphatic carbocycles. The van der Waals surface area contributed by atoms with E-state index in [0.717, 1.165) is 55.4 Å². The van der Waals surface area contributed by atoms with Crippen LogP contribution in [0.3, 0.4) is 0 Å². The van der Waals surface area contributed by atoms with Gasteiger partial charge in [-0.2, -0.15) is 5.26 Å². The quantitative estimate of drug-likeness (QED) is 0.0135. The minimum absolute atomic E-state index is 0.102. The number of hydrogen-bond donors (Lipinski definition) is 8. The minimum atomic E-state index is -1.49. The van der Waals surface area contributed by atoms with Crippen molar-refractivity contribution in [3.05, 3.63) is 35.4 Å². The van der Waals surface area contributed by atoms with Crippen LogP contribution in [-0.2, 0) is 179 Å². The van der Waals surface area contributed by atoms with Crippen LogP contribution in [0.15, 0.2) is 24.3 Å². The van der Waals surface area contributed by atoms with Gasteiger partial charge in [-0.3, -0.25) is 76.8 Å². The van der Waals surface area contributed by atoms with E-state index in [1.54, 1.807) is 24.3 Å². The Labute approximate surface area is 762 Å². The number of hydrogen-bond acceptors (Lipinski definition) is 39. The molecule has 47 heteroatoms. The Morgan fingerprint density at radius 3 is 1.18 bits per heavy atom. The number of benzene rings is 1. The van der Waals surface area contributed by atoms with Crippen LogP contribution in [0.4, 0.5) is 0 Å². The topological polar surface area (TPSA) is 575 Å². The van der Waals surface area contributed by atoms with E-state index in [1.165, 1.54) is 32.6 Å². The normalized spacial score (nSPS) is 24.3. The molecule has 3 heterocycles. The SMILES string of the molecule is CC(=O)NC1C(OCCOCCNC(=O)CN(CC(=O)NCCOCCOC2OC(COC(C)O)C(OC(C)=O)C(OC(C)=O)C2NC(C)=O)C(Cc2ccc(CNC(=O)C3CCC(OP(OCCC#N)N(C(C)C)C(C)C)CC3)cc2)C(=O)NCCOCCOC2OC(COC(C)=O)C(OC(C)=O)C(OC(C)=O)C2NC(C)=O)OC(COC(C)=O)C(OC(C)=O)C1OC(C)=O. The molecule has 0 radical (unpaired) electrons. The van der Waals surface area contributed by atoms with E-state index in [4.69, 9.17) is 94.3 Å². The van der Waals surface area contributed by atoms with Gasteiger partial charge in [-0.25, -0.2) is 4.67 Å². The second-order valence-corrected chi connectivity index (χ2v) is 32.9. The fourth-order valence-electron chi connectivity index (χ4n) is 14.5. The molecule has 738 valence electrons. The zero-order chi connectivity index (χ0) is 97.0. The summed E-state index contributed by atoms with van der Waals surface area (Å²) >= 11 is 0. The molecule has 7 amide bonds. The number of carbonyl (C=O) groups excluding carboxylic acids is 15. The number of carbonyl (C=O) groups is 15. The summed E-state index contributed by atoms with van der Waals surface area (Å²) in [6, 6.07) is 4.10. The van der Waals surface area contributed by atoms with Crippen molar-refractivity contribution in [2.24, 2.45) is 5.92 Å². The molecule has 0 bridgehead atoms. The average molecular weight is 1890 g/mol. The van der Waals surface area contributed by atoms with Gasteiger partial charge < -0.3 is 137 Å². The van der Waals surface area contributed by atoms with Gasteiger partial charge in [-0.1, -0.05) is 24.3 Å². The Morgan fingerprint density at radius 1 is 0.458 bits per heavy atom. The molecule has 0 spiro atoms. The zero-order valence-electron chi connectivity index (χ0n) is 77.1. The number of nitrogens with one attached hydrogen (secondary N) is 7. The van der Waals surface area contributed by atoms with Crippen molar-refractivity contribution < 1.29 is 171 Å². The zero-order valence-corrected chi connectivity index (χ0v) is 78.0. The molecule has 131 heavy (non-hydrogen) atoms. The largest absolute Gasteiger partial charge is 0.463 e. The van der Waals surface area contributed by atoms with E-state index in [1.807, 2.05) is 0 Å². The molecule has 1 aromatic carbocycles. The third-order valence-electron chi connectivity index (χ3n) is 19.8. The predicted molar refractivity (Wildman–Crippen MR) is 452 cm³/mol. The lowest BCUT2D eigenvalue weighted by molar-refractivity contribution is -0.285. The van der Waals surface area contributed by atoms with E-state index in [9.17, 15) is 77.5 Å². The van der Waals surface area contributed by atoms with Crippen LogP contribution in [0.25, 0.3) is 0 Å². The molecular weight excluding hydrogens is 1760 g/mol. The lowest BCUT2D eigenvalue weighted by Gasteiger charge is -2.45. The molecule has 4 aliphatic rings. The summed E-state index contributed by atoms with van der Waals surface area (Å²) in [7, 11) is -1.49.